The number of hydrogen-bond acceptors (Lipinski definition) is 6. The molecule has 34 heavy (non-hydrogen) atoms. The number of ether oxygens (including phenoxy) is 2. The predicted octanol–water partition coefficient (Wildman–Crippen LogP) is 5.21. The van der Waals surface area contributed by atoms with Crippen LogP contribution in [-0.2, 0) is 16.1 Å². The number of halogens is 1. The van der Waals surface area contributed by atoms with Crippen LogP contribution in [0.25, 0.3) is 0 Å². The van der Waals surface area contributed by atoms with E-state index in [0.717, 1.165) is 5.56 Å². The smallest absolute Gasteiger partial charge is 0.205 e. The fourth-order valence-electron chi connectivity index (χ4n) is 4.50. The van der Waals surface area contributed by atoms with E-state index in [1.807, 2.05) is 6.07 Å². The average molecular weight is 456 g/mol. The standard InChI is InChI=1S/C27H21FN2O4/c28-21-5-2-1-4-17(21)15-33-19-9-7-16(8-10-19)25-20(14-29)27(30)34-24-13-18(12-22(31)26(24)25)23-6-3-11-32-23/h1-11,18,25H,12-13,15,30H2/t18-,25-/m0/s1. The number of carbonyl (C=O) groups is 1. The zero-order chi connectivity index (χ0) is 23.7. The molecule has 1 aromatic heterocycles. The molecule has 2 atom stereocenters. The minimum absolute atomic E-state index is 0.000903. The van der Waals surface area contributed by atoms with Crippen LogP contribution in [0.2, 0.25) is 0 Å². The van der Waals surface area contributed by atoms with Gasteiger partial charge >= 0.3 is 0 Å². The number of furan rings is 1. The van der Waals surface area contributed by atoms with Crippen molar-refractivity contribution in [1.29, 1.82) is 5.26 Å². The molecule has 0 fully saturated rings. The van der Waals surface area contributed by atoms with Gasteiger partial charge in [0.05, 0.1) is 12.2 Å². The summed E-state index contributed by atoms with van der Waals surface area (Å²) in [6, 6.07) is 19.2. The van der Waals surface area contributed by atoms with Crippen LogP contribution in [0.4, 0.5) is 4.39 Å². The van der Waals surface area contributed by atoms with Crippen LogP contribution in [0.1, 0.15) is 41.6 Å². The van der Waals surface area contributed by atoms with Crippen molar-refractivity contribution in [3.05, 3.63) is 112 Å². The van der Waals surface area contributed by atoms with Gasteiger partial charge in [-0.05, 0) is 35.9 Å². The number of ketones is 1. The van der Waals surface area contributed by atoms with Crippen molar-refractivity contribution in [1.82, 2.24) is 0 Å². The SMILES string of the molecule is N#CC1=C(N)OC2=C(C(=O)C[C@H](c3ccco3)C2)[C@H]1c1ccc(OCc2ccccc2F)cc1. The molecule has 2 aromatic carbocycles. The molecule has 0 radical (unpaired) electrons. The van der Waals surface area contributed by atoms with Gasteiger partial charge in [-0.2, -0.15) is 5.26 Å². The van der Waals surface area contributed by atoms with Crippen molar-refractivity contribution in [2.45, 2.75) is 31.3 Å². The Kier molecular flexibility index (Phi) is 5.64. The van der Waals surface area contributed by atoms with E-state index in [9.17, 15) is 14.4 Å². The third kappa shape index (κ3) is 3.95. The highest BCUT2D eigenvalue weighted by atomic mass is 19.1. The van der Waals surface area contributed by atoms with Gasteiger partial charge in [-0.1, -0.05) is 30.3 Å². The maximum absolute atomic E-state index is 13.8. The van der Waals surface area contributed by atoms with Crippen molar-refractivity contribution in [2.75, 3.05) is 0 Å². The van der Waals surface area contributed by atoms with E-state index in [1.165, 1.54) is 6.07 Å². The molecule has 0 unspecified atom stereocenters. The van der Waals surface area contributed by atoms with E-state index in [1.54, 1.807) is 54.8 Å². The lowest BCUT2D eigenvalue weighted by molar-refractivity contribution is -0.117. The summed E-state index contributed by atoms with van der Waals surface area (Å²) in [5.74, 6) is 0.517. The molecular weight excluding hydrogens is 435 g/mol. The van der Waals surface area contributed by atoms with Crippen LogP contribution < -0.4 is 10.5 Å². The molecule has 0 saturated heterocycles. The van der Waals surface area contributed by atoms with E-state index in [-0.39, 0.29) is 42.0 Å². The fraction of sp³-hybridized carbons (Fsp3) is 0.185. The molecule has 5 rings (SSSR count). The number of Topliss-reactive ketones (excluding diaryl/α,β-unsaturated/α-hetero) is 1. The van der Waals surface area contributed by atoms with Crippen molar-refractivity contribution in [3.63, 3.8) is 0 Å². The molecular formula is C27H21FN2O4. The minimum atomic E-state index is -0.626. The maximum atomic E-state index is 13.8. The highest BCUT2D eigenvalue weighted by molar-refractivity contribution is 6.00. The Labute approximate surface area is 195 Å². The molecule has 1 aliphatic carbocycles. The highest BCUT2D eigenvalue weighted by Gasteiger charge is 2.41. The van der Waals surface area contributed by atoms with Gasteiger partial charge < -0.3 is 19.6 Å². The summed E-state index contributed by atoms with van der Waals surface area (Å²) in [7, 11) is 0. The van der Waals surface area contributed by atoms with Gasteiger partial charge in [-0.15, -0.1) is 0 Å². The fourth-order valence-corrected chi connectivity index (χ4v) is 4.50. The number of hydrogen-bond donors (Lipinski definition) is 1. The van der Waals surface area contributed by atoms with E-state index in [2.05, 4.69) is 6.07 Å². The number of nitrogens with zero attached hydrogens (tertiary/aromatic N) is 1. The van der Waals surface area contributed by atoms with E-state index in [0.29, 0.717) is 34.8 Å². The monoisotopic (exact) mass is 456 g/mol. The molecule has 0 bridgehead atoms. The van der Waals surface area contributed by atoms with E-state index >= 15 is 0 Å². The first-order chi connectivity index (χ1) is 16.5. The van der Waals surface area contributed by atoms with Crippen LogP contribution in [0, 0.1) is 17.1 Å². The lowest BCUT2D eigenvalue weighted by atomic mass is 9.74. The van der Waals surface area contributed by atoms with Crippen LogP contribution in [0.5, 0.6) is 5.75 Å². The summed E-state index contributed by atoms with van der Waals surface area (Å²) >= 11 is 0. The first-order valence-electron chi connectivity index (χ1n) is 10.9. The molecule has 0 amide bonds. The van der Waals surface area contributed by atoms with Crippen molar-refractivity contribution in [3.8, 4) is 11.8 Å². The number of rotatable bonds is 5. The average Bonchev–Trinajstić information content (AvgIpc) is 3.38. The molecule has 170 valence electrons. The number of allylic oxidation sites excluding steroid dienone is 3. The number of benzene rings is 2. The minimum Gasteiger partial charge on any atom is -0.489 e. The van der Waals surface area contributed by atoms with Gasteiger partial charge in [0.15, 0.2) is 5.78 Å². The second-order valence-corrected chi connectivity index (χ2v) is 8.25. The van der Waals surface area contributed by atoms with Crippen molar-refractivity contribution >= 4 is 5.78 Å². The summed E-state index contributed by atoms with van der Waals surface area (Å²) < 4.78 is 30.8. The first kappa shape index (κ1) is 21.5. The van der Waals surface area contributed by atoms with Crippen LogP contribution in [0.15, 0.2) is 94.1 Å². The zero-order valence-electron chi connectivity index (χ0n) is 18.2. The van der Waals surface area contributed by atoms with E-state index < -0.39 is 5.92 Å². The predicted molar refractivity (Wildman–Crippen MR) is 121 cm³/mol. The zero-order valence-corrected chi connectivity index (χ0v) is 18.2. The van der Waals surface area contributed by atoms with Gasteiger partial charge in [0.1, 0.15) is 41.3 Å². The van der Waals surface area contributed by atoms with Gasteiger partial charge in [-0.25, -0.2) is 4.39 Å². The van der Waals surface area contributed by atoms with Gasteiger partial charge in [-0.3, -0.25) is 4.79 Å². The molecule has 2 heterocycles. The quantitative estimate of drug-likeness (QED) is 0.566. The summed E-state index contributed by atoms with van der Waals surface area (Å²) in [5, 5.41) is 9.79. The van der Waals surface area contributed by atoms with Crippen molar-refractivity contribution in [2.24, 2.45) is 5.73 Å². The Hall–Kier alpha value is -4.31. The second-order valence-electron chi connectivity index (χ2n) is 8.25. The third-order valence-electron chi connectivity index (χ3n) is 6.17. The van der Waals surface area contributed by atoms with Gasteiger partial charge in [0, 0.05) is 29.9 Å². The Morgan fingerprint density at radius 2 is 1.88 bits per heavy atom. The Balaban J connectivity index is 1.42. The van der Waals surface area contributed by atoms with Crippen LogP contribution in [-0.4, -0.2) is 5.78 Å². The summed E-state index contributed by atoms with van der Waals surface area (Å²) in [5.41, 5.74) is 7.92. The second kappa shape index (κ2) is 8.91. The molecule has 2 N–H and O–H groups in total. The Bertz CT molecular complexity index is 1330. The molecule has 6 nitrogen and oxygen atoms in total. The van der Waals surface area contributed by atoms with E-state index in [4.69, 9.17) is 19.6 Å². The largest absolute Gasteiger partial charge is 0.489 e. The van der Waals surface area contributed by atoms with Gasteiger partial charge in [0.25, 0.3) is 0 Å². The summed E-state index contributed by atoms with van der Waals surface area (Å²) in [4.78, 5) is 13.2. The Morgan fingerprint density at radius 3 is 2.59 bits per heavy atom. The van der Waals surface area contributed by atoms with Crippen LogP contribution in [0.3, 0.4) is 0 Å². The Morgan fingerprint density at radius 1 is 1.09 bits per heavy atom. The third-order valence-corrected chi connectivity index (χ3v) is 6.17. The first-order valence-corrected chi connectivity index (χ1v) is 10.9. The molecule has 3 aromatic rings. The number of carbonyl (C=O) groups excluding carboxylic acids is 1. The summed E-state index contributed by atoms with van der Waals surface area (Å²) in [6.07, 6.45) is 2.29. The summed E-state index contributed by atoms with van der Waals surface area (Å²) in [6.45, 7) is 0.0849. The van der Waals surface area contributed by atoms with Gasteiger partial charge in [0.2, 0.25) is 5.88 Å². The maximum Gasteiger partial charge on any atom is 0.205 e. The van der Waals surface area contributed by atoms with Crippen LogP contribution >= 0.6 is 0 Å². The molecule has 1 aliphatic heterocycles. The lowest BCUT2D eigenvalue weighted by Gasteiger charge is -2.33. The number of nitriles is 1. The lowest BCUT2D eigenvalue weighted by Crippen LogP contribution is -2.29. The molecule has 0 saturated carbocycles. The normalized spacial score (nSPS) is 19.9. The number of nitrogens with two attached hydrogens (primary N) is 1. The molecule has 0 spiro atoms. The van der Waals surface area contributed by atoms with Crippen molar-refractivity contribution < 1.29 is 23.1 Å². The highest BCUT2D eigenvalue weighted by Crippen LogP contribution is 2.46. The molecule has 2 aliphatic rings. The topological polar surface area (TPSA) is 98.5 Å². The molecule has 7 heteroatoms.